The molecule has 0 bridgehead atoms. The lowest BCUT2D eigenvalue weighted by Gasteiger charge is -2.23. The lowest BCUT2D eigenvalue weighted by molar-refractivity contribution is 0.268. The molecule has 0 amide bonds. The van der Waals surface area contributed by atoms with E-state index in [0.29, 0.717) is 6.04 Å². The molecular formula is C15H23Cl2NO. The maximum atomic E-state index is 6.09. The molecule has 108 valence electrons. The number of hydrogen-bond acceptors (Lipinski definition) is 2. The summed E-state index contributed by atoms with van der Waals surface area (Å²) in [5.41, 5.74) is 1.16. The summed E-state index contributed by atoms with van der Waals surface area (Å²) in [4.78, 5) is 0. The zero-order valence-electron chi connectivity index (χ0n) is 11.5. The molecule has 0 aromatic heterocycles. The number of aryl methyl sites for hydroxylation is 1. The second-order valence-electron chi connectivity index (χ2n) is 4.89. The summed E-state index contributed by atoms with van der Waals surface area (Å²) in [6.45, 7) is 4.05. The number of ether oxygens (including phenoxy) is 1. The lowest BCUT2D eigenvalue weighted by Crippen LogP contribution is -2.35. The van der Waals surface area contributed by atoms with Gasteiger partial charge in [0.25, 0.3) is 0 Å². The molecule has 1 heterocycles. The zero-order chi connectivity index (χ0) is 12.8. The second kappa shape index (κ2) is 8.68. The average Bonchev–Trinajstić information content (AvgIpc) is 2.42. The van der Waals surface area contributed by atoms with Crippen LogP contribution in [0.3, 0.4) is 0 Å². The van der Waals surface area contributed by atoms with E-state index in [1.807, 2.05) is 12.1 Å². The van der Waals surface area contributed by atoms with Gasteiger partial charge in [-0.1, -0.05) is 24.9 Å². The Hall–Kier alpha value is -0.440. The highest BCUT2D eigenvalue weighted by molar-refractivity contribution is 6.31. The molecule has 2 rings (SSSR count). The summed E-state index contributed by atoms with van der Waals surface area (Å²) in [7, 11) is 0. The summed E-state index contributed by atoms with van der Waals surface area (Å²) in [5.74, 6) is 0.937. The van der Waals surface area contributed by atoms with Gasteiger partial charge in [-0.25, -0.2) is 0 Å². The Morgan fingerprint density at radius 3 is 2.89 bits per heavy atom. The summed E-state index contributed by atoms with van der Waals surface area (Å²) in [6.07, 6.45) is 5.97. The standard InChI is InChI=1S/C15H22ClNO.ClH/c1-2-12-11-14(6-7-15(12)16)18-10-8-13-5-3-4-9-17-13;/h6-7,11,13,17H,2-5,8-10H2,1H3;1H. The van der Waals surface area contributed by atoms with Gasteiger partial charge in [-0.2, -0.15) is 0 Å². The van der Waals surface area contributed by atoms with E-state index in [-0.39, 0.29) is 12.4 Å². The van der Waals surface area contributed by atoms with Gasteiger partial charge >= 0.3 is 0 Å². The van der Waals surface area contributed by atoms with Crippen LogP contribution in [-0.4, -0.2) is 19.2 Å². The van der Waals surface area contributed by atoms with Crippen LogP contribution in [0.2, 0.25) is 5.02 Å². The summed E-state index contributed by atoms with van der Waals surface area (Å²) in [6, 6.07) is 6.57. The van der Waals surface area contributed by atoms with Crippen molar-refractivity contribution in [3.63, 3.8) is 0 Å². The van der Waals surface area contributed by atoms with Crippen molar-refractivity contribution in [2.45, 2.75) is 45.1 Å². The van der Waals surface area contributed by atoms with E-state index in [4.69, 9.17) is 16.3 Å². The van der Waals surface area contributed by atoms with Crippen molar-refractivity contribution >= 4 is 24.0 Å². The minimum atomic E-state index is 0. The van der Waals surface area contributed by atoms with E-state index in [0.717, 1.165) is 42.3 Å². The van der Waals surface area contributed by atoms with Crippen molar-refractivity contribution in [2.75, 3.05) is 13.2 Å². The SMILES string of the molecule is CCc1cc(OCCC2CCCCN2)ccc1Cl.Cl. The van der Waals surface area contributed by atoms with Gasteiger partial charge in [0, 0.05) is 11.1 Å². The number of benzene rings is 1. The topological polar surface area (TPSA) is 21.3 Å². The van der Waals surface area contributed by atoms with E-state index in [1.165, 1.54) is 19.3 Å². The molecule has 0 radical (unpaired) electrons. The van der Waals surface area contributed by atoms with Crippen molar-refractivity contribution in [1.29, 1.82) is 0 Å². The molecule has 2 nitrogen and oxygen atoms in total. The molecule has 1 fully saturated rings. The van der Waals surface area contributed by atoms with Gasteiger partial charge in [0.15, 0.2) is 0 Å². The van der Waals surface area contributed by atoms with Crippen molar-refractivity contribution in [3.05, 3.63) is 28.8 Å². The summed E-state index contributed by atoms with van der Waals surface area (Å²) in [5, 5.41) is 4.37. The van der Waals surface area contributed by atoms with E-state index in [2.05, 4.69) is 18.3 Å². The maximum Gasteiger partial charge on any atom is 0.119 e. The predicted molar refractivity (Wildman–Crippen MR) is 83.8 cm³/mol. The molecule has 1 aromatic rings. The van der Waals surface area contributed by atoms with Crippen molar-refractivity contribution in [1.82, 2.24) is 5.32 Å². The first-order valence-corrected chi connectivity index (χ1v) is 7.32. The largest absolute Gasteiger partial charge is 0.494 e. The first-order valence-electron chi connectivity index (χ1n) is 6.94. The van der Waals surface area contributed by atoms with E-state index in [1.54, 1.807) is 0 Å². The number of halogens is 2. The molecule has 1 N–H and O–H groups in total. The van der Waals surface area contributed by atoms with Gasteiger partial charge in [0.05, 0.1) is 6.61 Å². The predicted octanol–water partition coefficient (Wildman–Crippen LogP) is 4.24. The Balaban J connectivity index is 0.00000180. The van der Waals surface area contributed by atoms with Gasteiger partial charge in [-0.15, -0.1) is 12.4 Å². The minimum Gasteiger partial charge on any atom is -0.494 e. The van der Waals surface area contributed by atoms with E-state index in [9.17, 15) is 0 Å². The monoisotopic (exact) mass is 303 g/mol. The van der Waals surface area contributed by atoms with Crippen LogP contribution in [0.25, 0.3) is 0 Å². The van der Waals surface area contributed by atoms with Crippen LogP contribution in [0.15, 0.2) is 18.2 Å². The van der Waals surface area contributed by atoms with Gasteiger partial charge in [-0.3, -0.25) is 0 Å². The molecular weight excluding hydrogens is 281 g/mol. The average molecular weight is 304 g/mol. The van der Waals surface area contributed by atoms with E-state index >= 15 is 0 Å². The first-order chi connectivity index (χ1) is 8.79. The summed E-state index contributed by atoms with van der Waals surface area (Å²) >= 11 is 6.09. The zero-order valence-corrected chi connectivity index (χ0v) is 13.0. The number of rotatable bonds is 5. The van der Waals surface area contributed by atoms with Crippen LogP contribution < -0.4 is 10.1 Å². The lowest BCUT2D eigenvalue weighted by atomic mass is 10.0. The first kappa shape index (κ1) is 16.6. The molecule has 0 aliphatic carbocycles. The molecule has 1 unspecified atom stereocenters. The highest BCUT2D eigenvalue weighted by atomic mass is 35.5. The fraction of sp³-hybridized carbons (Fsp3) is 0.600. The van der Waals surface area contributed by atoms with Gasteiger partial charge in [0.2, 0.25) is 0 Å². The highest BCUT2D eigenvalue weighted by Crippen LogP contribution is 2.22. The van der Waals surface area contributed by atoms with Gasteiger partial charge in [0.1, 0.15) is 5.75 Å². The molecule has 4 heteroatoms. The number of hydrogen-bond donors (Lipinski definition) is 1. The Bertz CT molecular complexity index is 378. The maximum absolute atomic E-state index is 6.09. The summed E-state index contributed by atoms with van der Waals surface area (Å²) < 4.78 is 5.81. The Kier molecular flexibility index (Phi) is 7.59. The number of piperidine rings is 1. The third-order valence-corrected chi connectivity index (χ3v) is 3.91. The quantitative estimate of drug-likeness (QED) is 0.878. The van der Waals surface area contributed by atoms with E-state index < -0.39 is 0 Å². The van der Waals surface area contributed by atoms with Crippen LogP contribution >= 0.6 is 24.0 Å². The third-order valence-electron chi connectivity index (χ3n) is 3.55. The van der Waals surface area contributed by atoms with Gasteiger partial charge < -0.3 is 10.1 Å². The molecule has 1 aliphatic heterocycles. The van der Waals surface area contributed by atoms with Gasteiger partial charge in [-0.05, 0) is 56.0 Å². The molecule has 1 aliphatic rings. The fourth-order valence-electron chi connectivity index (χ4n) is 2.40. The minimum absolute atomic E-state index is 0. The van der Waals surface area contributed by atoms with Crippen LogP contribution in [0.1, 0.15) is 38.2 Å². The molecule has 19 heavy (non-hydrogen) atoms. The second-order valence-corrected chi connectivity index (χ2v) is 5.30. The molecule has 0 spiro atoms. The van der Waals surface area contributed by atoms with Crippen LogP contribution in [-0.2, 0) is 6.42 Å². The highest BCUT2D eigenvalue weighted by Gasteiger charge is 2.12. The smallest absolute Gasteiger partial charge is 0.119 e. The normalized spacial score (nSPS) is 18.7. The number of nitrogens with one attached hydrogen (secondary N) is 1. The van der Waals surface area contributed by atoms with Crippen LogP contribution in [0.5, 0.6) is 5.75 Å². The van der Waals surface area contributed by atoms with Crippen molar-refractivity contribution in [3.8, 4) is 5.75 Å². The van der Waals surface area contributed by atoms with Crippen LogP contribution in [0, 0.1) is 0 Å². The molecule has 1 atom stereocenters. The van der Waals surface area contributed by atoms with Crippen molar-refractivity contribution < 1.29 is 4.74 Å². The third kappa shape index (κ3) is 5.21. The molecule has 0 saturated carbocycles. The Morgan fingerprint density at radius 1 is 1.37 bits per heavy atom. The van der Waals surface area contributed by atoms with Crippen molar-refractivity contribution in [2.24, 2.45) is 0 Å². The fourth-order valence-corrected chi connectivity index (χ4v) is 2.65. The van der Waals surface area contributed by atoms with Crippen LogP contribution in [0.4, 0.5) is 0 Å². The molecule has 1 saturated heterocycles. The Labute approximate surface area is 127 Å². The molecule has 1 aromatic carbocycles. The Morgan fingerprint density at radius 2 is 2.21 bits per heavy atom.